The first-order valence-electron chi connectivity index (χ1n) is 6.99. The molecule has 2 unspecified atom stereocenters. The Hall–Kier alpha value is -1.67. The standard InChI is InChI=1S/C15H18N2O4S/c1-17-15(12-6-3-2-4-7-12)14(11-21-17)22(18,19)16-10-13-8-5-9-20-13/h2-9,14-16H,10-11H2,1H3. The number of furan rings is 1. The minimum absolute atomic E-state index is 0.129. The Kier molecular flexibility index (Phi) is 4.30. The van der Waals surface area contributed by atoms with E-state index in [0.29, 0.717) is 5.76 Å². The molecule has 1 aromatic heterocycles. The van der Waals surface area contributed by atoms with Gasteiger partial charge in [-0.25, -0.2) is 13.1 Å². The molecule has 1 N–H and O–H groups in total. The van der Waals surface area contributed by atoms with Crippen molar-refractivity contribution in [1.82, 2.24) is 9.79 Å². The van der Waals surface area contributed by atoms with Crippen LogP contribution >= 0.6 is 0 Å². The Labute approximate surface area is 129 Å². The summed E-state index contributed by atoms with van der Waals surface area (Å²) in [5.41, 5.74) is 0.913. The van der Waals surface area contributed by atoms with Gasteiger partial charge in [0.25, 0.3) is 0 Å². The lowest BCUT2D eigenvalue weighted by atomic mass is 10.0. The van der Waals surface area contributed by atoms with Crippen LogP contribution in [0.4, 0.5) is 0 Å². The average Bonchev–Trinajstić information content (AvgIpc) is 3.16. The second kappa shape index (κ2) is 6.21. The van der Waals surface area contributed by atoms with Crippen molar-refractivity contribution in [3.8, 4) is 0 Å². The lowest BCUT2D eigenvalue weighted by Gasteiger charge is -2.22. The molecule has 0 bridgehead atoms. The van der Waals surface area contributed by atoms with E-state index < -0.39 is 15.3 Å². The highest BCUT2D eigenvalue weighted by Gasteiger charge is 2.42. The molecule has 2 aromatic rings. The average molecular weight is 322 g/mol. The predicted octanol–water partition coefficient (Wildman–Crippen LogP) is 1.69. The van der Waals surface area contributed by atoms with Crippen LogP contribution in [-0.2, 0) is 21.4 Å². The number of sulfonamides is 1. The van der Waals surface area contributed by atoms with Crippen LogP contribution in [0.2, 0.25) is 0 Å². The minimum atomic E-state index is -3.54. The summed E-state index contributed by atoms with van der Waals surface area (Å²) in [4.78, 5) is 5.45. The highest BCUT2D eigenvalue weighted by atomic mass is 32.2. The van der Waals surface area contributed by atoms with Crippen molar-refractivity contribution >= 4 is 10.0 Å². The van der Waals surface area contributed by atoms with E-state index in [1.165, 1.54) is 6.26 Å². The van der Waals surface area contributed by atoms with Crippen LogP contribution in [-0.4, -0.2) is 32.4 Å². The van der Waals surface area contributed by atoms with Gasteiger partial charge in [0.05, 0.1) is 25.5 Å². The van der Waals surface area contributed by atoms with Crippen molar-refractivity contribution in [2.45, 2.75) is 17.8 Å². The normalized spacial score (nSPS) is 23.0. The molecule has 0 radical (unpaired) electrons. The van der Waals surface area contributed by atoms with Crippen LogP contribution in [0.1, 0.15) is 17.4 Å². The number of hydrogen-bond donors (Lipinski definition) is 1. The molecule has 3 rings (SSSR count). The molecule has 0 aliphatic carbocycles. The van der Waals surface area contributed by atoms with Crippen molar-refractivity contribution in [2.75, 3.05) is 13.7 Å². The number of rotatable bonds is 5. The number of nitrogens with zero attached hydrogens (tertiary/aromatic N) is 1. The van der Waals surface area contributed by atoms with Gasteiger partial charge in [0.15, 0.2) is 0 Å². The first-order valence-corrected chi connectivity index (χ1v) is 8.54. The Morgan fingerprint density at radius 3 is 2.68 bits per heavy atom. The molecule has 2 atom stereocenters. The van der Waals surface area contributed by atoms with E-state index in [4.69, 9.17) is 9.25 Å². The summed E-state index contributed by atoms with van der Waals surface area (Å²) in [6.07, 6.45) is 1.52. The summed E-state index contributed by atoms with van der Waals surface area (Å²) < 4.78 is 32.9. The van der Waals surface area contributed by atoms with Gasteiger partial charge in [-0.1, -0.05) is 30.3 Å². The highest BCUT2D eigenvalue weighted by molar-refractivity contribution is 7.90. The molecule has 1 aliphatic heterocycles. The molecule has 0 spiro atoms. The fraction of sp³-hybridized carbons (Fsp3) is 0.333. The van der Waals surface area contributed by atoms with Crippen LogP contribution < -0.4 is 4.72 Å². The highest BCUT2D eigenvalue weighted by Crippen LogP contribution is 2.33. The fourth-order valence-electron chi connectivity index (χ4n) is 2.62. The molecule has 7 heteroatoms. The largest absolute Gasteiger partial charge is 0.468 e. The Morgan fingerprint density at radius 2 is 2.00 bits per heavy atom. The Bertz CT molecular complexity index is 700. The van der Waals surface area contributed by atoms with Crippen LogP contribution in [0.15, 0.2) is 53.1 Å². The minimum Gasteiger partial charge on any atom is -0.468 e. The van der Waals surface area contributed by atoms with Gasteiger partial charge in [-0.05, 0) is 17.7 Å². The van der Waals surface area contributed by atoms with Gasteiger partial charge < -0.3 is 4.42 Å². The Morgan fingerprint density at radius 1 is 1.23 bits per heavy atom. The van der Waals surface area contributed by atoms with E-state index in [1.54, 1.807) is 24.2 Å². The molecule has 1 aromatic carbocycles. The molecular formula is C15H18N2O4S. The van der Waals surface area contributed by atoms with E-state index >= 15 is 0 Å². The molecule has 6 nitrogen and oxygen atoms in total. The second-order valence-electron chi connectivity index (χ2n) is 5.18. The molecule has 0 amide bonds. The summed E-state index contributed by atoms with van der Waals surface area (Å²) in [6.45, 7) is 0.264. The number of benzene rings is 1. The van der Waals surface area contributed by atoms with Crippen LogP contribution in [0.3, 0.4) is 0 Å². The second-order valence-corrected chi connectivity index (χ2v) is 7.17. The molecule has 0 saturated carbocycles. The molecule has 2 heterocycles. The van der Waals surface area contributed by atoms with Gasteiger partial charge in [0.1, 0.15) is 11.0 Å². The summed E-state index contributed by atoms with van der Waals surface area (Å²) in [6, 6.07) is 12.6. The summed E-state index contributed by atoms with van der Waals surface area (Å²) >= 11 is 0. The van der Waals surface area contributed by atoms with Crippen molar-refractivity contribution in [3.63, 3.8) is 0 Å². The van der Waals surface area contributed by atoms with E-state index in [2.05, 4.69) is 4.72 Å². The maximum absolute atomic E-state index is 12.6. The van der Waals surface area contributed by atoms with E-state index in [1.807, 2.05) is 30.3 Å². The zero-order valence-corrected chi connectivity index (χ0v) is 13.0. The SMILES string of the molecule is CN1OCC(S(=O)(=O)NCc2ccco2)C1c1ccccc1. The molecule has 22 heavy (non-hydrogen) atoms. The van der Waals surface area contributed by atoms with E-state index in [-0.39, 0.29) is 19.2 Å². The van der Waals surface area contributed by atoms with E-state index in [0.717, 1.165) is 5.56 Å². The van der Waals surface area contributed by atoms with Crippen LogP contribution in [0.5, 0.6) is 0 Å². The maximum atomic E-state index is 12.6. The van der Waals surface area contributed by atoms with Gasteiger partial charge in [-0.2, -0.15) is 5.06 Å². The zero-order chi connectivity index (χ0) is 15.6. The van der Waals surface area contributed by atoms with Gasteiger partial charge in [0.2, 0.25) is 10.0 Å². The third kappa shape index (κ3) is 3.07. The van der Waals surface area contributed by atoms with Crippen molar-refractivity contribution in [2.24, 2.45) is 0 Å². The fourth-order valence-corrected chi connectivity index (χ4v) is 4.09. The van der Waals surface area contributed by atoms with Crippen molar-refractivity contribution in [3.05, 3.63) is 60.1 Å². The van der Waals surface area contributed by atoms with Gasteiger partial charge in [-0.15, -0.1) is 0 Å². The van der Waals surface area contributed by atoms with Gasteiger partial charge in [0, 0.05) is 7.05 Å². The van der Waals surface area contributed by atoms with Crippen LogP contribution in [0, 0.1) is 0 Å². The molecule has 1 saturated heterocycles. The van der Waals surface area contributed by atoms with Crippen molar-refractivity contribution < 1.29 is 17.7 Å². The van der Waals surface area contributed by atoms with E-state index in [9.17, 15) is 8.42 Å². The third-order valence-electron chi connectivity index (χ3n) is 3.75. The molecule has 1 fully saturated rings. The summed E-state index contributed by atoms with van der Waals surface area (Å²) in [5, 5.41) is 0.932. The monoisotopic (exact) mass is 322 g/mol. The van der Waals surface area contributed by atoms with Crippen LogP contribution in [0.25, 0.3) is 0 Å². The lowest BCUT2D eigenvalue weighted by Crippen LogP contribution is -2.39. The summed E-state index contributed by atoms with van der Waals surface area (Å²) in [5.74, 6) is 0.576. The number of hydrogen-bond acceptors (Lipinski definition) is 5. The quantitative estimate of drug-likeness (QED) is 0.907. The van der Waals surface area contributed by atoms with Gasteiger partial charge >= 0.3 is 0 Å². The van der Waals surface area contributed by atoms with Crippen molar-refractivity contribution in [1.29, 1.82) is 0 Å². The first kappa shape index (κ1) is 15.2. The third-order valence-corrected chi connectivity index (χ3v) is 5.49. The Balaban J connectivity index is 1.79. The number of hydroxylamine groups is 2. The zero-order valence-electron chi connectivity index (χ0n) is 12.2. The smallest absolute Gasteiger partial charge is 0.219 e. The lowest BCUT2D eigenvalue weighted by molar-refractivity contribution is -0.110. The molecular weight excluding hydrogens is 304 g/mol. The summed E-state index contributed by atoms with van der Waals surface area (Å²) in [7, 11) is -1.79. The van der Waals surface area contributed by atoms with Gasteiger partial charge in [-0.3, -0.25) is 4.84 Å². The first-order chi connectivity index (χ1) is 10.6. The molecule has 1 aliphatic rings. The topological polar surface area (TPSA) is 71.8 Å². The number of nitrogens with one attached hydrogen (secondary N) is 1. The molecule has 118 valence electrons. The predicted molar refractivity (Wildman–Crippen MR) is 81.2 cm³/mol. The maximum Gasteiger partial charge on any atom is 0.219 e.